The minimum absolute atomic E-state index is 0.0883. The number of carbonyl (C=O) groups is 2. The van der Waals surface area contributed by atoms with Crippen LogP contribution in [0, 0.1) is 5.95 Å². The van der Waals surface area contributed by atoms with Crippen LogP contribution >= 0.6 is 0 Å². The molecule has 0 saturated heterocycles. The summed E-state index contributed by atoms with van der Waals surface area (Å²) in [7, 11) is 0. The number of halogens is 1. The van der Waals surface area contributed by atoms with Crippen LogP contribution in [0.5, 0.6) is 0 Å². The van der Waals surface area contributed by atoms with E-state index in [9.17, 15) is 14.0 Å². The summed E-state index contributed by atoms with van der Waals surface area (Å²) in [6.07, 6.45) is 5.69. The average molecular weight is 193 g/mol. The highest BCUT2D eigenvalue weighted by molar-refractivity contribution is 5.81. The highest BCUT2D eigenvalue weighted by Crippen LogP contribution is 2.10. The van der Waals surface area contributed by atoms with Crippen LogP contribution in [0.4, 0.5) is 4.39 Å². The lowest BCUT2D eigenvalue weighted by molar-refractivity contribution is -0.107. The lowest BCUT2D eigenvalue weighted by atomic mass is 10.1. The number of aldehydes is 2. The molecule has 1 heterocycles. The molecule has 14 heavy (non-hydrogen) atoms. The maximum atomic E-state index is 12.9. The van der Waals surface area contributed by atoms with Crippen LogP contribution in [-0.4, -0.2) is 17.6 Å². The Kier molecular flexibility index (Phi) is 3.67. The molecule has 72 valence electrons. The molecule has 0 fully saturated rings. The van der Waals surface area contributed by atoms with Gasteiger partial charge in [0.25, 0.3) is 0 Å². The van der Waals surface area contributed by atoms with Crippen molar-refractivity contribution in [2.45, 2.75) is 6.42 Å². The standard InChI is InChI=1S/C10H8FNO2/c11-10-9(7-14)8(4-5-12-10)3-1-2-6-13/h1,3-7H,2H2. The summed E-state index contributed by atoms with van der Waals surface area (Å²) in [5.41, 5.74) is 0.337. The Labute approximate surface area is 80.3 Å². The predicted octanol–water partition coefficient (Wildman–Crippen LogP) is 1.64. The number of aromatic nitrogens is 1. The molecule has 0 aliphatic rings. The lowest BCUT2D eigenvalue weighted by Crippen LogP contribution is -1.94. The Morgan fingerprint density at radius 3 is 2.86 bits per heavy atom. The molecule has 3 nitrogen and oxygen atoms in total. The van der Waals surface area contributed by atoms with E-state index < -0.39 is 5.95 Å². The number of carbonyl (C=O) groups excluding carboxylic acids is 2. The zero-order valence-electron chi connectivity index (χ0n) is 7.31. The van der Waals surface area contributed by atoms with Gasteiger partial charge in [-0.15, -0.1) is 0 Å². The molecular formula is C10H8FNO2. The van der Waals surface area contributed by atoms with E-state index in [-0.39, 0.29) is 12.0 Å². The first kappa shape index (κ1) is 10.2. The first-order chi connectivity index (χ1) is 6.79. The minimum atomic E-state index is -0.798. The molecule has 0 aromatic carbocycles. The van der Waals surface area contributed by atoms with Gasteiger partial charge >= 0.3 is 0 Å². The Balaban J connectivity index is 3.01. The van der Waals surface area contributed by atoms with Gasteiger partial charge < -0.3 is 4.79 Å². The molecule has 0 aliphatic carbocycles. The van der Waals surface area contributed by atoms with Gasteiger partial charge in [-0.2, -0.15) is 4.39 Å². The summed E-state index contributed by atoms with van der Waals surface area (Å²) >= 11 is 0. The first-order valence-electron chi connectivity index (χ1n) is 3.99. The highest BCUT2D eigenvalue weighted by atomic mass is 19.1. The van der Waals surface area contributed by atoms with Crippen molar-refractivity contribution in [3.05, 3.63) is 35.4 Å². The zero-order chi connectivity index (χ0) is 10.4. The summed E-state index contributed by atoms with van der Waals surface area (Å²) in [5.74, 6) is -0.798. The quantitative estimate of drug-likeness (QED) is 0.539. The highest BCUT2D eigenvalue weighted by Gasteiger charge is 2.05. The van der Waals surface area contributed by atoms with E-state index in [2.05, 4.69) is 4.98 Å². The molecule has 4 heteroatoms. The van der Waals surface area contributed by atoms with E-state index in [4.69, 9.17) is 0 Å². The van der Waals surface area contributed by atoms with Crippen molar-refractivity contribution in [3.63, 3.8) is 0 Å². The summed E-state index contributed by atoms with van der Waals surface area (Å²) < 4.78 is 12.9. The molecule has 0 unspecified atom stereocenters. The van der Waals surface area contributed by atoms with E-state index >= 15 is 0 Å². The maximum absolute atomic E-state index is 12.9. The SMILES string of the molecule is O=CCC=Cc1ccnc(F)c1C=O. The third kappa shape index (κ3) is 2.32. The predicted molar refractivity (Wildman–Crippen MR) is 49.3 cm³/mol. The number of allylic oxidation sites excluding steroid dienone is 1. The fraction of sp³-hybridized carbons (Fsp3) is 0.100. The smallest absolute Gasteiger partial charge is 0.224 e. The lowest BCUT2D eigenvalue weighted by Gasteiger charge is -1.97. The number of hydrogen-bond donors (Lipinski definition) is 0. The summed E-state index contributed by atoms with van der Waals surface area (Å²) in [6, 6.07) is 1.51. The molecule has 0 N–H and O–H groups in total. The number of nitrogens with zero attached hydrogens (tertiary/aromatic N) is 1. The molecule has 0 saturated carbocycles. The Morgan fingerprint density at radius 1 is 1.43 bits per heavy atom. The molecule has 0 atom stereocenters. The van der Waals surface area contributed by atoms with Gasteiger partial charge in [-0.3, -0.25) is 4.79 Å². The fourth-order valence-electron chi connectivity index (χ4n) is 0.974. The van der Waals surface area contributed by atoms with Crippen LogP contribution in [-0.2, 0) is 4.79 Å². The van der Waals surface area contributed by atoms with Gasteiger partial charge in [0.05, 0.1) is 5.56 Å². The van der Waals surface area contributed by atoms with Crippen molar-refractivity contribution in [1.29, 1.82) is 0 Å². The van der Waals surface area contributed by atoms with Crippen LogP contribution in [0.3, 0.4) is 0 Å². The molecule has 1 rings (SSSR count). The van der Waals surface area contributed by atoms with Crippen LogP contribution < -0.4 is 0 Å². The third-order valence-corrected chi connectivity index (χ3v) is 1.62. The van der Waals surface area contributed by atoms with Gasteiger partial charge in [0, 0.05) is 12.6 Å². The normalized spacial score (nSPS) is 10.4. The average Bonchev–Trinajstić information content (AvgIpc) is 2.18. The second kappa shape index (κ2) is 5.01. The second-order valence-corrected chi connectivity index (χ2v) is 2.53. The van der Waals surface area contributed by atoms with E-state index in [1.165, 1.54) is 18.3 Å². The summed E-state index contributed by atoms with van der Waals surface area (Å²) in [5, 5.41) is 0. The monoisotopic (exact) mass is 193 g/mol. The van der Waals surface area contributed by atoms with Crippen LogP contribution in [0.25, 0.3) is 6.08 Å². The summed E-state index contributed by atoms with van der Waals surface area (Å²) in [4.78, 5) is 23.8. The van der Waals surface area contributed by atoms with Gasteiger partial charge in [0.2, 0.25) is 5.95 Å². The van der Waals surface area contributed by atoms with Crippen LogP contribution in [0.2, 0.25) is 0 Å². The molecule has 0 radical (unpaired) electrons. The second-order valence-electron chi connectivity index (χ2n) is 2.53. The fourth-order valence-corrected chi connectivity index (χ4v) is 0.974. The number of pyridine rings is 1. The van der Waals surface area contributed by atoms with E-state index in [0.29, 0.717) is 18.1 Å². The Morgan fingerprint density at radius 2 is 2.21 bits per heavy atom. The molecule has 1 aromatic rings. The van der Waals surface area contributed by atoms with Crippen molar-refractivity contribution in [2.75, 3.05) is 0 Å². The third-order valence-electron chi connectivity index (χ3n) is 1.62. The Hall–Kier alpha value is -1.84. The molecule has 0 aliphatic heterocycles. The molecular weight excluding hydrogens is 185 g/mol. The molecule has 0 bridgehead atoms. The minimum Gasteiger partial charge on any atom is -0.303 e. The van der Waals surface area contributed by atoms with Gasteiger partial charge in [0.15, 0.2) is 6.29 Å². The summed E-state index contributed by atoms with van der Waals surface area (Å²) in [6.45, 7) is 0. The molecule has 0 amide bonds. The van der Waals surface area contributed by atoms with E-state index in [0.717, 1.165) is 0 Å². The molecule has 1 aromatic heterocycles. The largest absolute Gasteiger partial charge is 0.303 e. The van der Waals surface area contributed by atoms with Crippen molar-refractivity contribution < 1.29 is 14.0 Å². The number of hydrogen-bond acceptors (Lipinski definition) is 3. The van der Waals surface area contributed by atoms with E-state index in [1.807, 2.05) is 0 Å². The topological polar surface area (TPSA) is 47.0 Å². The van der Waals surface area contributed by atoms with Crippen LogP contribution in [0.1, 0.15) is 22.3 Å². The Bertz CT molecular complexity index is 374. The molecule has 0 spiro atoms. The van der Waals surface area contributed by atoms with Gasteiger partial charge in [-0.1, -0.05) is 12.2 Å². The van der Waals surface area contributed by atoms with Gasteiger partial charge in [-0.05, 0) is 11.6 Å². The van der Waals surface area contributed by atoms with Crippen LogP contribution in [0.15, 0.2) is 18.3 Å². The maximum Gasteiger partial charge on any atom is 0.224 e. The van der Waals surface area contributed by atoms with E-state index in [1.54, 1.807) is 6.08 Å². The van der Waals surface area contributed by atoms with Gasteiger partial charge in [0.1, 0.15) is 6.29 Å². The zero-order valence-corrected chi connectivity index (χ0v) is 7.31. The van der Waals surface area contributed by atoms with Crippen molar-refractivity contribution >= 4 is 18.6 Å². The van der Waals surface area contributed by atoms with Gasteiger partial charge in [-0.25, -0.2) is 4.98 Å². The van der Waals surface area contributed by atoms with Crippen molar-refractivity contribution in [1.82, 2.24) is 4.98 Å². The van der Waals surface area contributed by atoms with Crippen molar-refractivity contribution in [2.24, 2.45) is 0 Å². The number of rotatable bonds is 4. The van der Waals surface area contributed by atoms with Crippen molar-refractivity contribution in [3.8, 4) is 0 Å². The first-order valence-corrected chi connectivity index (χ1v) is 3.99.